The fourth-order valence-electron chi connectivity index (χ4n) is 4.26. The highest BCUT2D eigenvalue weighted by molar-refractivity contribution is 7.22. The highest BCUT2D eigenvalue weighted by Gasteiger charge is 2.33. The smallest absolute Gasteiger partial charge is 0.222 e. The number of ether oxygens (including phenoxy) is 1. The van der Waals surface area contributed by atoms with Crippen LogP contribution in [0.25, 0.3) is 10.2 Å². The maximum absolute atomic E-state index is 10.3. The van der Waals surface area contributed by atoms with Crippen LogP contribution in [0.1, 0.15) is 31.7 Å². The van der Waals surface area contributed by atoms with Gasteiger partial charge in [-0.05, 0) is 81.0 Å². The van der Waals surface area contributed by atoms with Crippen molar-refractivity contribution in [3.8, 4) is 11.6 Å². The highest BCUT2D eigenvalue weighted by Crippen LogP contribution is 2.37. The number of para-hydroxylation sites is 1. The lowest BCUT2D eigenvalue weighted by molar-refractivity contribution is 0.0635. The Labute approximate surface area is 185 Å². The van der Waals surface area contributed by atoms with Crippen LogP contribution >= 0.6 is 11.3 Å². The van der Waals surface area contributed by atoms with Gasteiger partial charge in [0.15, 0.2) is 5.13 Å². The van der Waals surface area contributed by atoms with Crippen molar-refractivity contribution in [2.45, 2.75) is 38.2 Å². The Balaban J connectivity index is 1.26. The van der Waals surface area contributed by atoms with Gasteiger partial charge in [0.25, 0.3) is 0 Å². The molecule has 0 unspecified atom stereocenters. The van der Waals surface area contributed by atoms with E-state index >= 15 is 0 Å². The summed E-state index contributed by atoms with van der Waals surface area (Å²) < 4.78 is 7.27. The lowest BCUT2D eigenvalue weighted by atomic mass is 9.96. The predicted molar refractivity (Wildman–Crippen MR) is 125 cm³/mol. The summed E-state index contributed by atoms with van der Waals surface area (Å²) in [6, 6.07) is 20.0. The minimum absolute atomic E-state index is 0.460. The first-order chi connectivity index (χ1) is 15.0. The molecule has 2 atom stereocenters. The van der Waals surface area contributed by atoms with E-state index in [0.717, 1.165) is 58.0 Å². The first-order valence-corrected chi connectivity index (χ1v) is 11.4. The zero-order chi connectivity index (χ0) is 21.3. The molecule has 4 aromatic rings. The number of nitrogens with zero attached hydrogens (tertiary/aromatic N) is 2. The SMILES string of the molecule is C[C@]1(O)CC[C@H](Cc2cccnc2Oc2ccc(Nc3nc4ccccc4s3)cc2)C1. The molecule has 2 N–H and O–H groups in total. The Morgan fingerprint density at radius 1 is 1.13 bits per heavy atom. The minimum Gasteiger partial charge on any atom is -0.439 e. The van der Waals surface area contributed by atoms with Gasteiger partial charge in [0.05, 0.1) is 15.8 Å². The summed E-state index contributed by atoms with van der Waals surface area (Å²) >= 11 is 1.63. The molecule has 0 amide bonds. The molecule has 2 aromatic heterocycles. The summed E-state index contributed by atoms with van der Waals surface area (Å²) in [4.78, 5) is 9.08. The third-order valence-electron chi connectivity index (χ3n) is 5.79. The topological polar surface area (TPSA) is 67.3 Å². The van der Waals surface area contributed by atoms with Crippen molar-refractivity contribution in [3.63, 3.8) is 0 Å². The Hall–Kier alpha value is -2.96. The molecule has 1 saturated carbocycles. The number of anilines is 2. The van der Waals surface area contributed by atoms with Gasteiger partial charge in [-0.2, -0.15) is 0 Å². The van der Waals surface area contributed by atoms with Crippen molar-refractivity contribution in [1.82, 2.24) is 9.97 Å². The van der Waals surface area contributed by atoms with Gasteiger partial charge in [-0.25, -0.2) is 9.97 Å². The fraction of sp³-hybridized carbons (Fsp3) is 0.280. The van der Waals surface area contributed by atoms with Crippen LogP contribution in [0.5, 0.6) is 11.6 Å². The molecule has 158 valence electrons. The Kier molecular flexibility index (Phi) is 5.34. The van der Waals surface area contributed by atoms with Crippen molar-refractivity contribution >= 4 is 32.4 Å². The highest BCUT2D eigenvalue weighted by atomic mass is 32.1. The van der Waals surface area contributed by atoms with Crippen LogP contribution < -0.4 is 10.1 Å². The average Bonchev–Trinajstić information content (AvgIpc) is 3.32. The van der Waals surface area contributed by atoms with Crippen molar-refractivity contribution < 1.29 is 9.84 Å². The van der Waals surface area contributed by atoms with Crippen LogP contribution in [-0.4, -0.2) is 20.7 Å². The quantitative estimate of drug-likeness (QED) is 0.374. The van der Waals surface area contributed by atoms with E-state index in [9.17, 15) is 5.11 Å². The van der Waals surface area contributed by atoms with Crippen molar-refractivity contribution in [3.05, 3.63) is 72.4 Å². The summed E-state index contributed by atoms with van der Waals surface area (Å²) in [6.45, 7) is 1.93. The number of fused-ring (bicyclic) bond motifs is 1. The maximum atomic E-state index is 10.3. The summed E-state index contributed by atoms with van der Waals surface area (Å²) in [6.07, 6.45) is 5.35. The molecule has 1 aliphatic carbocycles. The number of benzene rings is 2. The minimum atomic E-state index is -0.542. The van der Waals surface area contributed by atoms with Gasteiger partial charge < -0.3 is 15.2 Å². The van der Waals surface area contributed by atoms with E-state index in [2.05, 4.69) is 27.4 Å². The van der Waals surface area contributed by atoms with E-state index in [1.54, 1.807) is 17.5 Å². The third kappa shape index (κ3) is 4.70. The molecule has 31 heavy (non-hydrogen) atoms. The number of nitrogens with one attached hydrogen (secondary N) is 1. The van der Waals surface area contributed by atoms with E-state index in [1.165, 1.54) is 0 Å². The predicted octanol–water partition coefficient (Wildman–Crippen LogP) is 6.32. The summed E-state index contributed by atoms with van der Waals surface area (Å²) in [7, 11) is 0. The molecule has 2 aromatic carbocycles. The molecule has 5 nitrogen and oxygen atoms in total. The van der Waals surface area contributed by atoms with Crippen LogP contribution in [0.15, 0.2) is 66.9 Å². The van der Waals surface area contributed by atoms with Crippen LogP contribution in [0, 0.1) is 5.92 Å². The molecule has 2 heterocycles. The number of aromatic nitrogens is 2. The average molecular weight is 432 g/mol. The van der Waals surface area contributed by atoms with Crippen LogP contribution in [0.4, 0.5) is 10.8 Å². The number of thiazole rings is 1. The molecule has 0 bridgehead atoms. The second kappa shape index (κ2) is 8.29. The van der Waals surface area contributed by atoms with Gasteiger partial charge in [-0.1, -0.05) is 29.5 Å². The van der Waals surface area contributed by atoms with Crippen molar-refractivity contribution in [1.29, 1.82) is 0 Å². The van der Waals surface area contributed by atoms with Crippen LogP contribution in [0.2, 0.25) is 0 Å². The molecule has 0 radical (unpaired) electrons. The van der Waals surface area contributed by atoms with E-state index in [-0.39, 0.29) is 0 Å². The van der Waals surface area contributed by atoms with Gasteiger partial charge in [0.2, 0.25) is 5.88 Å². The molecule has 0 saturated heterocycles. The second-order valence-corrected chi connectivity index (χ2v) is 9.55. The lowest BCUT2D eigenvalue weighted by Crippen LogP contribution is -2.19. The fourth-order valence-corrected chi connectivity index (χ4v) is 5.15. The molecule has 0 spiro atoms. The Morgan fingerprint density at radius 3 is 2.74 bits per heavy atom. The largest absolute Gasteiger partial charge is 0.439 e. The van der Waals surface area contributed by atoms with E-state index in [4.69, 9.17) is 4.74 Å². The van der Waals surface area contributed by atoms with E-state index in [0.29, 0.717) is 11.8 Å². The van der Waals surface area contributed by atoms with Gasteiger partial charge >= 0.3 is 0 Å². The molecular weight excluding hydrogens is 406 g/mol. The second-order valence-electron chi connectivity index (χ2n) is 8.52. The van der Waals surface area contributed by atoms with Crippen LogP contribution in [0.3, 0.4) is 0 Å². The number of hydrogen-bond acceptors (Lipinski definition) is 6. The third-order valence-corrected chi connectivity index (χ3v) is 6.74. The summed E-state index contributed by atoms with van der Waals surface area (Å²) in [5, 5.41) is 14.5. The van der Waals surface area contributed by atoms with Gasteiger partial charge in [-0.15, -0.1) is 0 Å². The molecule has 5 rings (SSSR count). The number of hydrogen-bond donors (Lipinski definition) is 2. The number of rotatable bonds is 6. The summed E-state index contributed by atoms with van der Waals surface area (Å²) in [5.41, 5.74) is 2.50. The van der Waals surface area contributed by atoms with E-state index in [1.807, 2.05) is 55.5 Å². The first-order valence-electron chi connectivity index (χ1n) is 10.6. The van der Waals surface area contributed by atoms with Crippen molar-refractivity contribution in [2.24, 2.45) is 5.92 Å². The first kappa shape index (κ1) is 20.0. The molecule has 1 fully saturated rings. The molecule has 0 aliphatic heterocycles. The monoisotopic (exact) mass is 431 g/mol. The Morgan fingerprint density at radius 2 is 1.97 bits per heavy atom. The van der Waals surface area contributed by atoms with Crippen LogP contribution in [-0.2, 0) is 6.42 Å². The van der Waals surface area contributed by atoms with Gasteiger partial charge in [0, 0.05) is 17.4 Å². The maximum Gasteiger partial charge on any atom is 0.222 e. The zero-order valence-electron chi connectivity index (χ0n) is 17.4. The molecular formula is C25H25N3O2S. The number of pyridine rings is 1. The molecule has 1 aliphatic rings. The zero-order valence-corrected chi connectivity index (χ0v) is 18.2. The van der Waals surface area contributed by atoms with Gasteiger partial charge in [-0.3, -0.25) is 0 Å². The van der Waals surface area contributed by atoms with E-state index < -0.39 is 5.60 Å². The lowest BCUT2D eigenvalue weighted by Gasteiger charge is -2.17. The van der Waals surface area contributed by atoms with Crippen molar-refractivity contribution in [2.75, 3.05) is 5.32 Å². The standard InChI is InChI=1S/C25H25N3O2S/c1-25(29)13-12-17(16-25)15-18-5-4-14-26-23(18)30-20-10-8-19(9-11-20)27-24-28-21-6-2-3-7-22(21)31-24/h2-11,14,17,29H,12-13,15-16H2,1H3,(H,27,28)/t17-,25+/m1/s1. The number of aliphatic hydroxyl groups is 1. The normalized spacial score (nSPS) is 20.8. The Bertz CT molecular complexity index is 1150. The van der Waals surface area contributed by atoms with Gasteiger partial charge in [0.1, 0.15) is 5.75 Å². The summed E-state index contributed by atoms with van der Waals surface area (Å²) in [5.74, 6) is 1.84. The molecule has 6 heteroatoms.